The zero-order chi connectivity index (χ0) is 22.0. The lowest BCUT2D eigenvalue weighted by Crippen LogP contribution is -2.58. The van der Waals surface area contributed by atoms with Gasteiger partial charge in [0.25, 0.3) is 0 Å². The van der Waals surface area contributed by atoms with E-state index in [9.17, 15) is 9.59 Å². The molecule has 0 aliphatic carbocycles. The van der Waals surface area contributed by atoms with Crippen molar-refractivity contribution in [3.8, 4) is 5.75 Å². The Morgan fingerprint density at radius 2 is 1.69 bits per heavy atom. The Labute approximate surface area is 180 Å². The van der Waals surface area contributed by atoms with E-state index in [0.717, 1.165) is 10.0 Å². The van der Waals surface area contributed by atoms with Crippen LogP contribution in [0.15, 0.2) is 22.7 Å². The summed E-state index contributed by atoms with van der Waals surface area (Å²) < 4.78 is 17.8. The molecule has 1 aromatic carbocycles. The standard InChI is InChI=1S/C21H30BrNO6/c1-19(2,3)27-17(24)21(7,29-23-18(25)28-20(4,5)6)16-11-8-13-12-14(22)9-10-15(13)26-16/h9-10,12,16H,8,11H2,1-7H3,(H,23,25)/t16-,21+/m1/s1. The number of benzene rings is 1. The molecule has 2 rings (SSSR count). The molecule has 162 valence electrons. The maximum atomic E-state index is 13.0. The third kappa shape index (κ3) is 6.60. The Bertz CT molecular complexity index is 767. The number of amides is 1. The summed E-state index contributed by atoms with van der Waals surface area (Å²) in [5.41, 5.74) is 0.247. The van der Waals surface area contributed by atoms with Gasteiger partial charge in [0.2, 0.25) is 5.60 Å². The number of hydroxylamine groups is 1. The molecule has 0 radical (unpaired) electrons. The van der Waals surface area contributed by atoms with Crippen molar-refractivity contribution in [3.05, 3.63) is 28.2 Å². The average Bonchev–Trinajstić information content (AvgIpc) is 2.56. The number of hydrogen-bond acceptors (Lipinski definition) is 6. The molecule has 0 aromatic heterocycles. The SMILES string of the molecule is CC(C)(C)OC(=O)NO[C@](C)(C(=O)OC(C)(C)C)[C@H]1CCc2cc(Br)ccc2O1. The third-order valence-electron chi connectivity index (χ3n) is 4.13. The number of esters is 1. The molecule has 0 unspecified atom stereocenters. The van der Waals surface area contributed by atoms with E-state index >= 15 is 0 Å². The van der Waals surface area contributed by atoms with Crippen molar-refractivity contribution in [2.24, 2.45) is 0 Å². The molecule has 1 heterocycles. The van der Waals surface area contributed by atoms with Crippen molar-refractivity contribution >= 4 is 28.0 Å². The predicted octanol–water partition coefficient (Wildman–Crippen LogP) is 4.70. The molecule has 7 nitrogen and oxygen atoms in total. The summed E-state index contributed by atoms with van der Waals surface area (Å²) in [5.74, 6) is 0.0340. The zero-order valence-corrected chi connectivity index (χ0v) is 19.6. The van der Waals surface area contributed by atoms with Crippen molar-refractivity contribution in [1.82, 2.24) is 5.48 Å². The molecule has 1 aromatic rings. The fraction of sp³-hybridized carbons (Fsp3) is 0.619. The van der Waals surface area contributed by atoms with Crippen molar-refractivity contribution in [2.75, 3.05) is 0 Å². The second-order valence-electron chi connectivity index (χ2n) is 9.21. The Kier molecular flexibility index (Phi) is 6.89. The smallest absolute Gasteiger partial charge is 0.431 e. The van der Waals surface area contributed by atoms with E-state index in [0.29, 0.717) is 18.6 Å². The van der Waals surface area contributed by atoms with Gasteiger partial charge in [0.1, 0.15) is 23.1 Å². The van der Waals surface area contributed by atoms with Crippen LogP contribution in [0, 0.1) is 0 Å². The van der Waals surface area contributed by atoms with E-state index in [1.165, 1.54) is 0 Å². The van der Waals surface area contributed by atoms with Crippen LogP contribution >= 0.6 is 15.9 Å². The summed E-state index contributed by atoms with van der Waals surface area (Å²) in [4.78, 5) is 30.7. The molecule has 1 aliphatic rings. The van der Waals surface area contributed by atoms with Crippen LogP contribution in [-0.4, -0.2) is 35.0 Å². The number of halogens is 1. The number of nitrogens with one attached hydrogen (secondary N) is 1. The van der Waals surface area contributed by atoms with Gasteiger partial charge >= 0.3 is 12.1 Å². The van der Waals surface area contributed by atoms with Gasteiger partial charge in [-0.3, -0.25) is 0 Å². The van der Waals surface area contributed by atoms with E-state index < -0.39 is 35.0 Å². The minimum Gasteiger partial charge on any atom is -0.486 e. The maximum absolute atomic E-state index is 13.0. The number of fused-ring (bicyclic) bond motifs is 1. The minimum atomic E-state index is -1.57. The molecule has 1 N–H and O–H groups in total. The van der Waals surface area contributed by atoms with E-state index in [1.54, 1.807) is 48.5 Å². The molecule has 1 aliphatic heterocycles. The molecule has 0 bridgehead atoms. The first-order chi connectivity index (χ1) is 13.2. The molecule has 1 amide bonds. The van der Waals surface area contributed by atoms with Gasteiger partial charge in [0.05, 0.1) is 0 Å². The summed E-state index contributed by atoms with van der Waals surface area (Å²) >= 11 is 3.45. The number of rotatable bonds is 4. The predicted molar refractivity (Wildman–Crippen MR) is 112 cm³/mol. The van der Waals surface area contributed by atoms with Crippen LogP contribution in [0.4, 0.5) is 4.79 Å². The van der Waals surface area contributed by atoms with Crippen LogP contribution in [0.2, 0.25) is 0 Å². The van der Waals surface area contributed by atoms with Crippen LogP contribution < -0.4 is 10.2 Å². The van der Waals surface area contributed by atoms with E-state index in [-0.39, 0.29) is 0 Å². The van der Waals surface area contributed by atoms with Crippen molar-refractivity contribution in [1.29, 1.82) is 0 Å². The zero-order valence-electron chi connectivity index (χ0n) is 18.1. The number of carbonyl (C=O) groups excluding carboxylic acids is 2. The highest BCUT2D eigenvalue weighted by atomic mass is 79.9. The number of ether oxygens (including phenoxy) is 3. The quantitative estimate of drug-likeness (QED) is 0.505. The van der Waals surface area contributed by atoms with Crippen molar-refractivity contribution in [2.45, 2.75) is 84.2 Å². The van der Waals surface area contributed by atoms with Gasteiger partial charge < -0.3 is 14.2 Å². The maximum Gasteiger partial charge on any atom is 0.431 e. The number of hydrogen-bond donors (Lipinski definition) is 1. The molecule has 0 saturated heterocycles. The van der Waals surface area contributed by atoms with Gasteiger partial charge in [0.15, 0.2) is 0 Å². The third-order valence-corrected chi connectivity index (χ3v) is 4.62. The van der Waals surface area contributed by atoms with Crippen LogP contribution in [0.1, 0.15) is 60.5 Å². The monoisotopic (exact) mass is 471 g/mol. The first-order valence-electron chi connectivity index (χ1n) is 9.55. The summed E-state index contributed by atoms with van der Waals surface area (Å²) in [6, 6.07) is 5.68. The fourth-order valence-electron chi connectivity index (χ4n) is 2.81. The first kappa shape index (κ1) is 23.5. The highest BCUT2D eigenvalue weighted by Gasteiger charge is 2.50. The van der Waals surface area contributed by atoms with Crippen LogP contribution in [0.5, 0.6) is 5.75 Å². The van der Waals surface area contributed by atoms with Crippen molar-refractivity contribution in [3.63, 3.8) is 0 Å². The van der Waals surface area contributed by atoms with E-state index in [2.05, 4.69) is 21.4 Å². The summed E-state index contributed by atoms with van der Waals surface area (Å²) in [6.45, 7) is 12.0. The van der Waals surface area contributed by atoms with Crippen LogP contribution in [0.25, 0.3) is 0 Å². The molecular weight excluding hydrogens is 442 g/mol. The molecular formula is C21H30BrNO6. The second kappa shape index (κ2) is 8.52. The first-order valence-corrected chi connectivity index (χ1v) is 10.3. The van der Waals surface area contributed by atoms with E-state index in [4.69, 9.17) is 19.0 Å². The molecule has 0 fully saturated rings. The summed E-state index contributed by atoms with van der Waals surface area (Å²) in [6.07, 6.45) is -0.267. The lowest BCUT2D eigenvalue weighted by Gasteiger charge is -2.38. The van der Waals surface area contributed by atoms with Crippen LogP contribution in [0.3, 0.4) is 0 Å². The molecule has 29 heavy (non-hydrogen) atoms. The number of aryl methyl sites for hydroxylation is 1. The average molecular weight is 472 g/mol. The minimum absolute atomic E-state index is 0.509. The largest absolute Gasteiger partial charge is 0.486 e. The van der Waals surface area contributed by atoms with Gasteiger partial charge in [-0.1, -0.05) is 15.9 Å². The van der Waals surface area contributed by atoms with Gasteiger partial charge in [-0.25, -0.2) is 14.4 Å². The lowest BCUT2D eigenvalue weighted by molar-refractivity contribution is -0.205. The molecule has 8 heteroatoms. The second-order valence-corrected chi connectivity index (χ2v) is 10.1. The van der Waals surface area contributed by atoms with Gasteiger partial charge in [-0.15, -0.1) is 0 Å². The summed E-state index contributed by atoms with van der Waals surface area (Å²) in [5, 5.41) is 0. The lowest BCUT2D eigenvalue weighted by atomic mass is 9.90. The number of carbonyl (C=O) groups is 2. The van der Waals surface area contributed by atoms with E-state index in [1.807, 2.05) is 18.2 Å². The Morgan fingerprint density at radius 3 is 2.28 bits per heavy atom. The van der Waals surface area contributed by atoms with Gasteiger partial charge in [0, 0.05) is 4.47 Å². The van der Waals surface area contributed by atoms with Crippen molar-refractivity contribution < 1.29 is 28.6 Å². The highest BCUT2D eigenvalue weighted by Crippen LogP contribution is 2.35. The molecule has 0 saturated carbocycles. The normalized spacial score (nSPS) is 18.7. The Balaban J connectivity index is 2.23. The molecule has 0 spiro atoms. The van der Waals surface area contributed by atoms with Crippen LogP contribution in [-0.2, 0) is 25.5 Å². The highest BCUT2D eigenvalue weighted by molar-refractivity contribution is 9.10. The summed E-state index contributed by atoms with van der Waals surface area (Å²) in [7, 11) is 0. The van der Waals surface area contributed by atoms with Gasteiger partial charge in [-0.05, 0) is 85.1 Å². The van der Waals surface area contributed by atoms with Gasteiger partial charge in [-0.2, -0.15) is 5.48 Å². The topological polar surface area (TPSA) is 83.1 Å². The Morgan fingerprint density at radius 1 is 1.07 bits per heavy atom. The Hall–Kier alpha value is -1.80. The fourth-order valence-corrected chi connectivity index (χ4v) is 3.22. The molecule has 2 atom stereocenters.